The number of fused-ring (bicyclic) bond motifs is 2. The highest BCUT2D eigenvalue weighted by molar-refractivity contribution is 7.98. The Morgan fingerprint density at radius 1 is 1.10 bits per heavy atom. The van der Waals surface area contributed by atoms with Gasteiger partial charge in [-0.2, -0.15) is 11.8 Å². The summed E-state index contributed by atoms with van der Waals surface area (Å²) in [5, 5.41) is 11.6. The van der Waals surface area contributed by atoms with Crippen molar-refractivity contribution in [3.05, 3.63) is 65.1 Å². The van der Waals surface area contributed by atoms with Gasteiger partial charge in [-0.25, -0.2) is 0 Å². The second-order valence-corrected chi connectivity index (χ2v) is 8.99. The molecule has 1 N–H and O–H groups in total. The van der Waals surface area contributed by atoms with Gasteiger partial charge in [0.05, 0.1) is 6.04 Å². The van der Waals surface area contributed by atoms with E-state index < -0.39 is 0 Å². The van der Waals surface area contributed by atoms with Gasteiger partial charge >= 0.3 is 0 Å². The molecule has 1 aliphatic carbocycles. The summed E-state index contributed by atoms with van der Waals surface area (Å²) in [5.41, 5.74) is 4.12. The number of amides is 1. The molecule has 0 spiro atoms. The SMILES string of the molecule is CSCCC(NC(=O)CCC(=O)c1ccc2c(c1)CCCC2)c1nnc2ccccn12. The van der Waals surface area contributed by atoms with Crippen molar-refractivity contribution in [2.75, 3.05) is 12.0 Å². The van der Waals surface area contributed by atoms with Crippen LogP contribution in [0.25, 0.3) is 5.65 Å². The molecule has 1 aliphatic rings. The number of hydrogen-bond acceptors (Lipinski definition) is 5. The molecular formula is C24H28N4O2S. The average molecular weight is 437 g/mol. The third kappa shape index (κ3) is 5.15. The molecule has 0 fully saturated rings. The highest BCUT2D eigenvalue weighted by Gasteiger charge is 2.21. The van der Waals surface area contributed by atoms with Crippen LogP contribution in [0.4, 0.5) is 0 Å². The van der Waals surface area contributed by atoms with Crippen molar-refractivity contribution in [1.29, 1.82) is 0 Å². The van der Waals surface area contributed by atoms with Crippen LogP contribution >= 0.6 is 11.8 Å². The van der Waals surface area contributed by atoms with Gasteiger partial charge in [-0.3, -0.25) is 14.0 Å². The van der Waals surface area contributed by atoms with Gasteiger partial charge in [-0.15, -0.1) is 10.2 Å². The Bertz CT molecular complexity index is 1080. The number of carbonyl (C=O) groups is 2. The maximum Gasteiger partial charge on any atom is 0.221 e. The van der Waals surface area contributed by atoms with Crippen molar-refractivity contribution in [2.45, 2.75) is 51.0 Å². The van der Waals surface area contributed by atoms with Crippen LogP contribution in [0.15, 0.2) is 42.6 Å². The fourth-order valence-corrected chi connectivity index (χ4v) is 4.62. The molecule has 0 saturated heterocycles. The van der Waals surface area contributed by atoms with E-state index in [9.17, 15) is 9.59 Å². The van der Waals surface area contributed by atoms with Crippen molar-refractivity contribution >= 4 is 29.1 Å². The van der Waals surface area contributed by atoms with E-state index >= 15 is 0 Å². The third-order valence-electron chi connectivity index (χ3n) is 5.85. The number of nitrogens with zero attached hydrogens (tertiary/aromatic N) is 3. The van der Waals surface area contributed by atoms with Crippen molar-refractivity contribution in [3.8, 4) is 0 Å². The zero-order chi connectivity index (χ0) is 21.6. The molecule has 1 atom stereocenters. The Morgan fingerprint density at radius 3 is 2.77 bits per heavy atom. The lowest BCUT2D eigenvalue weighted by atomic mass is 9.89. The first kappa shape index (κ1) is 21.6. The minimum Gasteiger partial charge on any atom is -0.346 e. The molecule has 0 saturated carbocycles. The number of rotatable bonds is 9. The van der Waals surface area contributed by atoms with Crippen LogP contribution in [0.1, 0.15) is 65.5 Å². The van der Waals surface area contributed by atoms with E-state index in [-0.39, 0.29) is 30.6 Å². The van der Waals surface area contributed by atoms with Gasteiger partial charge in [0.25, 0.3) is 0 Å². The predicted octanol–water partition coefficient (Wildman–Crippen LogP) is 4.18. The zero-order valence-corrected chi connectivity index (χ0v) is 18.7. The van der Waals surface area contributed by atoms with Crippen LogP contribution < -0.4 is 5.32 Å². The topological polar surface area (TPSA) is 76.4 Å². The number of hydrogen-bond donors (Lipinski definition) is 1. The monoisotopic (exact) mass is 436 g/mol. The summed E-state index contributed by atoms with van der Waals surface area (Å²) in [6.07, 6.45) is 9.62. The number of benzene rings is 1. The van der Waals surface area contributed by atoms with Gasteiger partial charge < -0.3 is 5.32 Å². The van der Waals surface area contributed by atoms with Gasteiger partial charge in [0.1, 0.15) is 0 Å². The molecule has 0 bridgehead atoms. The van der Waals surface area contributed by atoms with E-state index in [2.05, 4.69) is 21.6 Å². The van der Waals surface area contributed by atoms with Crippen molar-refractivity contribution in [1.82, 2.24) is 19.9 Å². The molecule has 3 aromatic rings. The Labute approximate surface area is 186 Å². The fraction of sp³-hybridized carbons (Fsp3) is 0.417. The third-order valence-corrected chi connectivity index (χ3v) is 6.49. The van der Waals surface area contributed by atoms with Gasteiger partial charge in [-0.1, -0.05) is 18.2 Å². The van der Waals surface area contributed by atoms with Crippen LogP contribution in [-0.4, -0.2) is 38.3 Å². The highest BCUT2D eigenvalue weighted by atomic mass is 32.2. The van der Waals surface area contributed by atoms with Crippen molar-refractivity contribution in [2.24, 2.45) is 0 Å². The van der Waals surface area contributed by atoms with Gasteiger partial charge in [-0.05, 0) is 73.4 Å². The maximum absolute atomic E-state index is 12.7. The predicted molar refractivity (Wildman–Crippen MR) is 124 cm³/mol. The summed E-state index contributed by atoms with van der Waals surface area (Å²) < 4.78 is 1.91. The van der Waals surface area contributed by atoms with Gasteiger partial charge in [0.15, 0.2) is 17.3 Å². The summed E-state index contributed by atoms with van der Waals surface area (Å²) in [6.45, 7) is 0. The summed E-state index contributed by atoms with van der Waals surface area (Å²) >= 11 is 1.72. The number of thioether (sulfide) groups is 1. The van der Waals surface area contributed by atoms with Gasteiger partial charge in [0.2, 0.25) is 5.91 Å². The second-order valence-electron chi connectivity index (χ2n) is 8.00. The molecular weight excluding hydrogens is 408 g/mol. The van der Waals surface area contributed by atoms with Crippen LogP contribution in [-0.2, 0) is 17.6 Å². The Hall–Kier alpha value is -2.67. The molecule has 4 rings (SSSR count). The first-order chi connectivity index (χ1) is 15.2. The summed E-state index contributed by atoms with van der Waals surface area (Å²) in [5.74, 6) is 1.50. The van der Waals surface area contributed by atoms with E-state index in [1.807, 2.05) is 47.2 Å². The van der Waals surface area contributed by atoms with Crippen LogP contribution in [0, 0.1) is 0 Å². The van der Waals surface area contributed by atoms with E-state index in [4.69, 9.17) is 0 Å². The lowest BCUT2D eigenvalue weighted by molar-refractivity contribution is -0.121. The lowest BCUT2D eigenvalue weighted by Crippen LogP contribution is -2.30. The minimum absolute atomic E-state index is 0.0251. The van der Waals surface area contributed by atoms with E-state index in [0.717, 1.165) is 42.1 Å². The first-order valence-electron chi connectivity index (χ1n) is 10.9. The molecule has 1 aromatic carbocycles. The highest BCUT2D eigenvalue weighted by Crippen LogP contribution is 2.23. The number of aromatic nitrogens is 3. The van der Waals surface area contributed by atoms with E-state index in [0.29, 0.717) is 0 Å². The van der Waals surface area contributed by atoms with E-state index in [1.54, 1.807) is 11.8 Å². The molecule has 6 nitrogen and oxygen atoms in total. The molecule has 162 valence electrons. The van der Waals surface area contributed by atoms with Crippen molar-refractivity contribution in [3.63, 3.8) is 0 Å². The largest absolute Gasteiger partial charge is 0.346 e. The number of carbonyl (C=O) groups excluding carboxylic acids is 2. The number of aryl methyl sites for hydroxylation is 2. The number of Topliss-reactive ketones (excluding diaryl/α,β-unsaturated/α-hetero) is 1. The molecule has 0 aliphatic heterocycles. The van der Waals surface area contributed by atoms with E-state index in [1.165, 1.54) is 24.0 Å². The Balaban J connectivity index is 1.39. The molecule has 0 radical (unpaired) electrons. The first-order valence-corrected chi connectivity index (χ1v) is 12.3. The van der Waals surface area contributed by atoms with Crippen LogP contribution in [0.2, 0.25) is 0 Å². The molecule has 1 amide bonds. The molecule has 2 aromatic heterocycles. The summed E-state index contributed by atoms with van der Waals surface area (Å²) in [6, 6.07) is 11.5. The average Bonchev–Trinajstić information content (AvgIpc) is 3.24. The number of pyridine rings is 1. The zero-order valence-electron chi connectivity index (χ0n) is 17.8. The van der Waals surface area contributed by atoms with Crippen LogP contribution in [0.5, 0.6) is 0 Å². The number of nitrogens with one attached hydrogen (secondary N) is 1. The molecule has 7 heteroatoms. The van der Waals surface area contributed by atoms with Crippen LogP contribution in [0.3, 0.4) is 0 Å². The second kappa shape index (κ2) is 10.1. The van der Waals surface area contributed by atoms with Gasteiger partial charge in [0, 0.05) is 24.6 Å². The normalized spacial score (nSPS) is 14.2. The quantitative estimate of drug-likeness (QED) is 0.509. The summed E-state index contributed by atoms with van der Waals surface area (Å²) in [4.78, 5) is 25.4. The molecule has 1 unspecified atom stereocenters. The number of ketones is 1. The standard InChI is InChI=1S/C24H28N4O2S/c1-31-15-13-20(24-27-26-22-8-4-5-14-28(22)24)25-23(30)12-11-21(29)19-10-9-17-6-2-3-7-18(17)16-19/h4-5,8-10,14,16,20H,2-3,6-7,11-13,15H2,1H3,(H,25,30). The molecule has 2 heterocycles. The fourth-order valence-electron chi connectivity index (χ4n) is 4.14. The smallest absolute Gasteiger partial charge is 0.221 e. The maximum atomic E-state index is 12.7. The Morgan fingerprint density at radius 2 is 1.94 bits per heavy atom. The lowest BCUT2D eigenvalue weighted by Gasteiger charge is -2.17. The van der Waals surface area contributed by atoms with Crippen molar-refractivity contribution < 1.29 is 9.59 Å². The minimum atomic E-state index is -0.240. The molecule has 31 heavy (non-hydrogen) atoms. The summed E-state index contributed by atoms with van der Waals surface area (Å²) in [7, 11) is 0. The Kier molecular flexibility index (Phi) is 7.02.